The van der Waals surface area contributed by atoms with Crippen LogP contribution in [0.5, 0.6) is 0 Å². The van der Waals surface area contributed by atoms with Gasteiger partial charge >= 0.3 is 0 Å². The molecular formula is C12H14ClFN2O. The number of amides is 1. The molecule has 0 saturated carbocycles. The molecule has 3 nitrogen and oxygen atoms in total. The monoisotopic (exact) mass is 256 g/mol. The Hall–Kier alpha value is -1.13. The number of anilines is 1. The topological polar surface area (TPSA) is 41.1 Å². The van der Waals surface area contributed by atoms with Gasteiger partial charge in [0.05, 0.1) is 16.6 Å². The lowest BCUT2D eigenvalue weighted by molar-refractivity contribution is -0.120. The second kappa shape index (κ2) is 5.47. The third-order valence-electron chi connectivity index (χ3n) is 2.88. The maximum Gasteiger partial charge on any atom is 0.228 e. The van der Waals surface area contributed by atoms with E-state index in [4.69, 9.17) is 11.6 Å². The Morgan fingerprint density at radius 1 is 1.53 bits per heavy atom. The Balaban J connectivity index is 2.07. The molecule has 0 aliphatic carbocycles. The van der Waals surface area contributed by atoms with Crippen LogP contribution >= 0.6 is 11.6 Å². The van der Waals surface area contributed by atoms with Crippen LogP contribution < -0.4 is 10.6 Å². The van der Waals surface area contributed by atoms with Crippen LogP contribution in [0.3, 0.4) is 0 Å². The highest BCUT2D eigenvalue weighted by Crippen LogP contribution is 2.25. The van der Waals surface area contributed by atoms with Crippen LogP contribution in [0.15, 0.2) is 18.2 Å². The van der Waals surface area contributed by atoms with E-state index in [0.717, 1.165) is 19.4 Å². The summed E-state index contributed by atoms with van der Waals surface area (Å²) in [6, 6.07) is 4.34. The average Bonchev–Trinajstić information content (AvgIpc) is 2.35. The molecule has 0 radical (unpaired) electrons. The number of nitrogens with one attached hydrogen (secondary N) is 2. The lowest BCUT2D eigenvalue weighted by Gasteiger charge is -2.22. The Bertz CT molecular complexity index is 399. The van der Waals surface area contributed by atoms with Gasteiger partial charge in [0, 0.05) is 6.54 Å². The molecule has 0 unspecified atom stereocenters. The van der Waals surface area contributed by atoms with Gasteiger partial charge < -0.3 is 10.6 Å². The second-order valence-corrected chi connectivity index (χ2v) is 4.54. The summed E-state index contributed by atoms with van der Waals surface area (Å²) < 4.78 is 13.5. The Morgan fingerprint density at radius 3 is 3.00 bits per heavy atom. The molecule has 0 aromatic heterocycles. The number of hydrogen-bond donors (Lipinski definition) is 2. The van der Waals surface area contributed by atoms with Crippen molar-refractivity contribution in [1.82, 2.24) is 5.32 Å². The maximum absolute atomic E-state index is 13.5. The minimum atomic E-state index is -0.505. The highest BCUT2D eigenvalue weighted by atomic mass is 35.5. The third-order valence-corrected chi connectivity index (χ3v) is 3.19. The van der Waals surface area contributed by atoms with E-state index in [2.05, 4.69) is 10.6 Å². The van der Waals surface area contributed by atoms with Gasteiger partial charge in [-0.05, 0) is 31.5 Å². The predicted molar refractivity (Wildman–Crippen MR) is 65.6 cm³/mol. The predicted octanol–water partition coefficient (Wildman–Crippen LogP) is 2.42. The van der Waals surface area contributed by atoms with Gasteiger partial charge in [0.25, 0.3) is 0 Å². The van der Waals surface area contributed by atoms with Gasteiger partial charge in [0.15, 0.2) is 0 Å². The van der Waals surface area contributed by atoms with E-state index in [1.54, 1.807) is 6.07 Å². The van der Waals surface area contributed by atoms with E-state index in [1.165, 1.54) is 12.1 Å². The first kappa shape index (κ1) is 12.3. The van der Waals surface area contributed by atoms with Gasteiger partial charge in [-0.1, -0.05) is 17.7 Å². The number of benzene rings is 1. The molecule has 1 aliphatic rings. The van der Waals surface area contributed by atoms with Crippen molar-refractivity contribution in [2.24, 2.45) is 5.92 Å². The number of carbonyl (C=O) groups is 1. The van der Waals surface area contributed by atoms with E-state index in [9.17, 15) is 9.18 Å². The molecule has 1 aliphatic heterocycles. The normalized spacial score (nSPS) is 20.0. The van der Waals surface area contributed by atoms with E-state index in [-0.39, 0.29) is 22.5 Å². The maximum atomic E-state index is 13.5. The van der Waals surface area contributed by atoms with E-state index >= 15 is 0 Å². The molecule has 1 heterocycles. The quantitative estimate of drug-likeness (QED) is 0.853. The summed E-state index contributed by atoms with van der Waals surface area (Å²) in [5.74, 6) is -0.793. The number of hydrogen-bond acceptors (Lipinski definition) is 2. The summed E-state index contributed by atoms with van der Waals surface area (Å²) in [4.78, 5) is 11.9. The van der Waals surface area contributed by atoms with Crippen molar-refractivity contribution in [2.45, 2.75) is 12.8 Å². The molecule has 5 heteroatoms. The van der Waals surface area contributed by atoms with Crippen molar-refractivity contribution >= 4 is 23.2 Å². The number of piperidine rings is 1. The van der Waals surface area contributed by atoms with Crippen molar-refractivity contribution in [3.63, 3.8) is 0 Å². The molecule has 1 amide bonds. The number of carbonyl (C=O) groups excluding carboxylic acids is 1. The lowest BCUT2D eigenvalue weighted by atomic mass is 9.99. The molecular weight excluding hydrogens is 243 g/mol. The van der Waals surface area contributed by atoms with Crippen LogP contribution in [0.4, 0.5) is 10.1 Å². The number of para-hydroxylation sites is 1. The lowest BCUT2D eigenvalue weighted by Crippen LogP contribution is -2.37. The summed E-state index contributed by atoms with van der Waals surface area (Å²) in [6.07, 6.45) is 1.79. The van der Waals surface area contributed by atoms with E-state index in [0.29, 0.717) is 6.54 Å². The standard InChI is InChI=1S/C12H14ClFN2O/c13-9-4-1-5-10(14)11(9)16-12(17)8-3-2-6-15-7-8/h1,4-5,8,15H,2-3,6-7H2,(H,16,17)/t8-/m0/s1. The van der Waals surface area contributed by atoms with Crippen molar-refractivity contribution in [2.75, 3.05) is 18.4 Å². The second-order valence-electron chi connectivity index (χ2n) is 4.13. The summed E-state index contributed by atoms with van der Waals surface area (Å²) in [6.45, 7) is 1.57. The smallest absolute Gasteiger partial charge is 0.228 e. The Morgan fingerprint density at radius 2 is 2.35 bits per heavy atom. The molecule has 1 saturated heterocycles. The van der Waals surface area contributed by atoms with Crippen LogP contribution in [0.1, 0.15) is 12.8 Å². The fourth-order valence-electron chi connectivity index (χ4n) is 1.92. The van der Waals surface area contributed by atoms with Crippen molar-refractivity contribution in [1.29, 1.82) is 0 Å². The van der Waals surface area contributed by atoms with Crippen LogP contribution in [0.2, 0.25) is 5.02 Å². The molecule has 1 aromatic rings. The highest BCUT2D eigenvalue weighted by molar-refractivity contribution is 6.33. The van der Waals surface area contributed by atoms with Gasteiger partial charge in [-0.3, -0.25) is 4.79 Å². The van der Waals surface area contributed by atoms with Crippen molar-refractivity contribution in [3.05, 3.63) is 29.0 Å². The minimum absolute atomic E-state index is 0.0738. The van der Waals surface area contributed by atoms with Gasteiger partial charge in [0.1, 0.15) is 5.82 Å². The molecule has 1 fully saturated rings. The number of halogens is 2. The molecule has 17 heavy (non-hydrogen) atoms. The summed E-state index contributed by atoms with van der Waals surface area (Å²) in [7, 11) is 0. The first-order valence-corrected chi connectivity index (χ1v) is 6.02. The van der Waals surface area contributed by atoms with Crippen LogP contribution in [0.25, 0.3) is 0 Å². The first-order chi connectivity index (χ1) is 8.18. The molecule has 0 bridgehead atoms. The van der Waals surface area contributed by atoms with Crippen LogP contribution in [-0.2, 0) is 4.79 Å². The van der Waals surface area contributed by atoms with E-state index < -0.39 is 5.82 Å². The summed E-state index contributed by atoms with van der Waals surface area (Å²) in [5.41, 5.74) is 0.0738. The first-order valence-electron chi connectivity index (χ1n) is 5.64. The van der Waals surface area contributed by atoms with Crippen molar-refractivity contribution < 1.29 is 9.18 Å². The molecule has 1 aromatic carbocycles. The minimum Gasteiger partial charge on any atom is -0.322 e. The summed E-state index contributed by atoms with van der Waals surface area (Å²) in [5, 5.41) is 5.93. The van der Waals surface area contributed by atoms with Gasteiger partial charge in [-0.2, -0.15) is 0 Å². The molecule has 92 valence electrons. The zero-order valence-electron chi connectivity index (χ0n) is 9.30. The highest BCUT2D eigenvalue weighted by Gasteiger charge is 2.22. The molecule has 2 N–H and O–H groups in total. The van der Waals surface area contributed by atoms with Crippen LogP contribution in [0, 0.1) is 11.7 Å². The Labute approximate surface area is 104 Å². The average molecular weight is 257 g/mol. The van der Waals surface area contributed by atoms with Gasteiger partial charge in [0.2, 0.25) is 5.91 Å². The molecule has 0 spiro atoms. The van der Waals surface area contributed by atoms with Crippen LogP contribution in [-0.4, -0.2) is 19.0 Å². The van der Waals surface area contributed by atoms with Gasteiger partial charge in [-0.15, -0.1) is 0 Å². The number of rotatable bonds is 2. The zero-order chi connectivity index (χ0) is 12.3. The summed E-state index contributed by atoms with van der Waals surface area (Å²) >= 11 is 5.84. The SMILES string of the molecule is O=C(Nc1c(F)cccc1Cl)[C@H]1CCCNC1. The molecule has 1 atom stereocenters. The third kappa shape index (κ3) is 2.96. The fourth-order valence-corrected chi connectivity index (χ4v) is 2.13. The zero-order valence-corrected chi connectivity index (χ0v) is 10.1. The van der Waals surface area contributed by atoms with Gasteiger partial charge in [-0.25, -0.2) is 4.39 Å². The molecule has 2 rings (SSSR count). The fraction of sp³-hybridized carbons (Fsp3) is 0.417. The largest absolute Gasteiger partial charge is 0.322 e. The Kier molecular flexibility index (Phi) is 3.97. The van der Waals surface area contributed by atoms with E-state index in [1.807, 2.05) is 0 Å². The van der Waals surface area contributed by atoms with Crippen molar-refractivity contribution in [3.8, 4) is 0 Å².